The number of ketones is 1. The number of nitrogens with zero attached hydrogens (tertiary/aromatic N) is 2. The molecule has 168 valence electrons. The fourth-order valence-electron chi connectivity index (χ4n) is 3.86. The minimum atomic E-state index is -0.951. The SMILES string of the molecule is CC[NH+](CC)CCN1C(=O)C(=O)C(=C([O-])c2ccc([N+](=O)[O-])cc2)C1c1ccc(F)cc1. The van der Waals surface area contributed by atoms with Crippen LogP contribution in [0.3, 0.4) is 0 Å². The molecule has 0 saturated carbocycles. The van der Waals surface area contributed by atoms with Crippen molar-refractivity contribution in [3.8, 4) is 0 Å². The van der Waals surface area contributed by atoms with Crippen LogP contribution < -0.4 is 10.0 Å². The van der Waals surface area contributed by atoms with Gasteiger partial charge in [-0.25, -0.2) is 4.39 Å². The Morgan fingerprint density at radius 1 is 1.06 bits per heavy atom. The highest BCUT2D eigenvalue weighted by molar-refractivity contribution is 6.46. The van der Waals surface area contributed by atoms with E-state index in [2.05, 4.69) is 0 Å². The molecule has 1 unspecified atom stereocenters. The minimum Gasteiger partial charge on any atom is -0.872 e. The lowest BCUT2D eigenvalue weighted by Crippen LogP contribution is -3.12. The first-order valence-corrected chi connectivity index (χ1v) is 10.4. The highest BCUT2D eigenvalue weighted by atomic mass is 19.1. The highest BCUT2D eigenvalue weighted by Gasteiger charge is 2.44. The summed E-state index contributed by atoms with van der Waals surface area (Å²) in [6, 6.07) is 9.24. The van der Waals surface area contributed by atoms with Crippen LogP contribution in [0.15, 0.2) is 54.1 Å². The third kappa shape index (κ3) is 4.52. The Hall–Kier alpha value is -3.59. The van der Waals surface area contributed by atoms with E-state index in [1.54, 1.807) is 0 Å². The lowest BCUT2D eigenvalue weighted by atomic mass is 9.95. The van der Waals surface area contributed by atoms with Crippen LogP contribution in [0.25, 0.3) is 5.76 Å². The molecule has 0 spiro atoms. The van der Waals surface area contributed by atoms with Crippen molar-refractivity contribution in [2.24, 2.45) is 0 Å². The number of hydrogen-bond acceptors (Lipinski definition) is 5. The zero-order valence-corrected chi connectivity index (χ0v) is 17.8. The van der Waals surface area contributed by atoms with Gasteiger partial charge in [0.25, 0.3) is 11.6 Å². The van der Waals surface area contributed by atoms with Crippen molar-refractivity contribution in [2.45, 2.75) is 19.9 Å². The average molecular weight is 441 g/mol. The van der Waals surface area contributed by atoms with Crippen molar-refractivity contribution in [1.82, 2.24) is 4.90 Å². The molecule has 8 nitrogen and oxygen atoms in total. The first-order chi connectivity index (χ1) is 15.3. The van der Waals surface area contributed by atoms with E-state index in [0.717, 1.165) is 13.1 Å². The van der Waals surface area contributed by atoms with Crippen LogP contribution in [-0.4, -0.2) is 47.7 Å². The fourth-order valence-corrected chi connectivity index (χ4v) is 3.86. The molecule has 0 aliphatic carbocycles. The number of hydrogen-bond donors (Lipinski definition) is 1. The molecule has 0 bridgehead atoms. The van der Waals surface area contributed by atoms with Crippen LogP contribution in [0.1, 0.15) is 31.0 Å². The van der Waals surface area contributed by atoms with Crippen LogP contribution in [0.4, 0.5) is 10.1 Å². The Morgan fingerprint density at radius 2 is 1.66 bits per heavy atom. The lowest BCUT2D eigenvalue weighted by molar-refractivity contribution is -0.895. The number of carbonyl (C=O) groups excluding carboxylic acids is 2. The standard InChI is InChI=1S/C23H24FN3O5/c1-3-25(4-2)13-14-26-20(15-5-9-17(24)10-6-15)19(22(29)23(26)30)21(28)16-7-11-18(12-8-16)27(31)32/h5-12,20,28H,3-4,13-14H2,1-2H3. The summed E-state index contributed by atoms with van der Waals surface area (Å²) in [6.07, 6.45) is 0. The Labute approximate surface area is 184 Å². The van der Waals surface area contributed by atoms with E-state index in [9.17, 15) is 29.2 Å². The number of Topliss-reactive ketones (excluding diaryl/α,β-unsaturated/α-hetero) is 1. The van der Waals surface area contributed by atoms with Crippen molar-refractivity contribution in [3.63, 3.8) is 0 Å². The van der Waals surface area contributed by atoms with Crippen LogP contribution in [0.5, 0.6) is 0 Å². The van der Waals surface area contributed by atoms with E-state index < -0.39 is 34.2 Å². The first kappa shape index (κ1) is 23.1. The first-order valence-electron chi connectivity index (χ1n) is 10.4. The van der Waals surface area contributed by atoms with E-state index >= 15 is 0 Å². The molecule has 1 aliphatic heterocycles. The number of nitrogens with one attached hydrogen (secondary N) is 1. The topological polar surface area (TPSA) is 108 Å². The van der Waals surface area contributed by atoms with E-state index in [-0.39, 0.29) is 23.4 Å². The molecule has 0 radical (unpaired) electrons. The number of benzene rings is 2. The summed E-state index contributed by atoms with van der Waals surface area (Å²) in [5.74, 6) is -2.84. The van der Waals surface area contributed by atoms with Gasteiger partial charge in [0.15, 0.2) is 0 Å². The number of likely N-dealkylation sites (tertiary alicyclic amines) is 1. The average Bonchev–Trinajstić information content (AvgIpc) is 3.04. The second kappa shape index (κ2) is 9.69. The summed E-state index contributed by atoms with van der Waals surface area (Å²) in [7, 11) is 0. The largest absolute Gasteiger partial charge is 0.872 e. The van der Waals surface area contributed by atoms with E-state index in [0.29, 0.717) is 12.1 Å². The van der Waals surface area contributed by atoms with E-state index in [4.69, 9.17) is 0 Å². The van der Waals surface area contributed by atoms with Gasteiger partial charge in [-0.1, -0.05) is 17.9 Å². The van der Waals surface area contributed by atoms with Crippen LogP contribution in [0, 0.1) is 15.9 Å². The van der Waals surface area contributed by atoms with E-state index in [1.165, 1.54) is 58.3 Å². The molecule has 32 heavy (non-hydrogen) atoms. The molecule has 2 aromatic carbocycles. The maximum atomic E-state index is 13.5. The molecule has 1 N–H and O–H groups in total. The van der Waals surface area contributed by atoms with Crippen molar-refractivity contribution in [3.05, 3.63) is 81.2 Å². The number of non-ortho nitro benzene ring substituents is 1. The third-order valence-electron chi connectivity index (χ3n) is 5.76. The molecule has 0 aromatic heterocycles. The lowest BCUT2D eigenvalue weighted by Gasteiger charge is -2.28. The third-order valence-corrected chi connectivity index (χ3v) is 5.76. The summed E-state index contributed by atoms with van der Waals surface area (Å²) >= 11 is 0. The molecule has 1 saturated heterocycles. The number of quaternary nitrogens is 1. The molecule has 1 fully saturated rings. The number of halogens is 1. The molecule has 9 heteroatoms. The maximum absolute atomic E-state index is 13.5. The van der Waals surface area contributed by atoms with Crippen molar-refractivity contribution >= 4 is 23.1 Å². The molecule has 2 aromatic rings. The fraction of sp³-hybridized carbons (Fsp3) is 0.304. The molecule has 1 heterocycles. The summed E-state index contributed by atoms with van der Waals surface area (Å²) < 4.78 is 13.5. The maximum Gasteiger partial charge on any atom is 0.295 e. The van der Waals surface area contributed by atoms with Gasteiger partial charge in [-0.2, -0.15) is 0 Å². The quantitative estimate of drug-likeness (QED) is 0.215. The normalized spacial score (nSPS) is 17.9. The van der Waals surface area contributed by atoms with Crippen LogP contribution >= 0.6 is 0 Å². The zero-order valence-electron chi connectivity index (χ0n) is 17.8. The predicted molar refractivity (Wildman–Crippen MR) is 113 cm³/mol. The van der Waals surface area contributed by atoms with Crippen LogP contribution in [0.2, 0.25) is 0 Å². The molecule has 1 atom stereocenters. The Morgan fingerprint density at radius 3 is 2.19 bits per heavy atom. The number of likely N-dealkylation sites (N-methyl/N-ethyl adjacent to an activating group) is 1. The second-order valence-corrected chi connectivity index (χ2v) is 7.54. The predicted octanol–water partition coefficient (Wildman–Crippen LogP) is 0.883. The smallest absolute Gasteiger partial charge is 0.295 e. The molecule has 1 amide bonds. The van der Waals surface area contributed by atoms with Gasteiger partial charge in [-0.3, -0.25) is 19.7 Å². The molecule has 3 rings (SSSR count). The number of nitro benzene ring substituents is 1. The van der Waals surface area contributed by atoms with Crippen molar-refractivity contribution in [2.75, 3.05) is 26.2 Å². The van der Waals surface area contributed by atoms with Gasteiger partial charge >= 0.3 is 0 Å². The van der Waals surface area contributed by atoms with Gasteiger partial charge in [-0.05, 0) is 49.2 Å². The minimum absolute atomic E-state index is 0.0649. The zero-order chi connectivity index (χ0) is 23.4. The van der Waals surface area contributed by atoms with Gasteiger partial charge < -0.3 is 14.9 Å². The Kier molecular flexibility index (Phi) is 6.99. The van der Waals surface area contributed by atoms with Crippen molar-refractivity contribution in [1.29, 1.82) is 0 Å². The summed E-state index contributed by atoms with van der Waals surface area (Å²) in [6.45, 7) is 6.55. The number of nitro groups is 1. The van der Waals surface area contributed by atoms with Gasteiger partial charge in [-0.15, -0.1) is 0 Å². The Balaban J connectivity index is 2.08. The number of amides is 1. The molecular weight excluding hydrogens is 417 g/mol. The van der Waals surface area contributed by atoms with Gasteiger partial charge in [0.05, 0.1) is 37.1 Å². The monoisotopic (exact) mass is 441 g/mol. The number of carbonyl (C=O) groups is 2. The van der Waals surface area contributed by atoms with Gasteiger partial charge in [0.1, 0.15) is 5.82 Å². The number of rotatable bonds is 8. The van der Waals surface area contributed by atoms with E-state index in [1.807, 2.05) is 13.8 Å². The van der Waals surface area contributed by atoms with Crippen molar-refractivity contribution < 1.29 is 28.9 Å². The summed E-state index contributed by atoms with van der Waals surface area (Å²) in [5.41, 5.74) is 0.0878. The summed E-state index contributed by atoms with van der Waals surface area (Å²) in [4.78, 5) is 38.7. The Bertz CT molecular complexity index is 1050. The molecular formula is C23H24FN3O5. The van der Waals surface area contributed by atoms with Gasteiger partial charge in [0, 0.05) is 17.7 Å². The highest BCUT2D eigenvalue weighted by Crippen LogP contribution is 2.38. The summed E-state index contributed by atoms with van der Waals surface area (Å²) in [5, 5.41) is 24.1. The van der Waals surface area contributed by atoms with Crippen LogP contribution in [-0.2, 0) is 9.59 Å². The second-order valence-electron chi connectivity index (χ2n) is 7.54. The van der Waals surface area contributed by atoms with Gasteiger partial charge in [0.2, 0.25) is 5.78 Å². The molecule has 1 aliphatic rings.